The Hall–Kier alpha value is -1.96. The summed E-state index contributed by atoms with van der Waals surface area (Å²) >= 11 is 1.97. The lowest BCUT2D eigenvalue weighted by atomic mass is 10.1. The first-order valence-electron chi connectivity index (χ1n) is 5.42. The molecule has 0 unspecified atom stereocenters. The molecule has 0 aromatic carbocycles. The van der Waals surface area contributed by atoms with Crippen molar-refractivity contribution in [3.05, 3.63) is 63.7 Å². The number of carbonyl (C=O) groups excluding carboxylic acids is 2. The number of carbonyl (C=O) groups is 2. The van der Waals surface area contributed by atoms with Crippen molar-refractivity contribution in [1.29, 1.82) is 0 Å². The van der Waals surface area contributed by atoms with Gasteiger partial charge in [0, 0.05) is 24.2 Å². The predicted molar refractivity (Wildman–Crippen MR) is 79.2 cm³/mol. The molecule has 0 bridgehead atoms. The van der Waals surface area contributed by atoms with E-state index in [-0.39, 0.29) is 11.7 Å². The van der Waals surface area contributed by atoms with Crippen LogP contribution >= 0.6 is 22.6 Å². The molecular weight excluding hydrogens is 357 g/mol. The van der Waals surface area contributed by atoms with Crippen molar-refractivity contribution in [3.63, 3.8) is 0 Å². The smallest absolute Gasteiger partial charge is 0.269 e. The molecule has 0 aliphatic heterocycles. The third-order valence-corrected chi connectivity index (χ3v) is 3.17. The van der Waals surface area contributed by atoms with Crippen LogP contribution in [0.25, 0.3) is 0 Å². The number of nitrogens with zero attached hydrogens (tertiary/aromatic N) is 1. The van der Waals surface area contributed by atoms with Gasteiger partial charge in [0.2, 0.25) is 0 Å². The average molecular weight is 367 g/mol. The first-order chi connectivity index (χ1) is 9.16. The summed E-state index contributed by atoms with van der Waals surface area (Å²) in [4.78, 5) is 26.7. The topological polar surface area (TPSA) is 71.1 Å². The van der Waals surface area contributed by atoms with Crippen molar-refractivity contribution in [2.75, 3.05) is 0 Å². The zero-order chi connectivity index (χ0) is 13.7. The predicted octanol–water partition coefficient (Wildman–Crippen LogP) is 1.66. The number of hydrazine groups is 1. The highest BCUT2D eigenvalue weighted by molar-refractivity contribution is 14.1. The zero-order valence-corrected chi connectivity index (χ0v) is 11.9. The van der Waals surface area contributed by atoms with Crippen molar-refractivity contribution in [3.8, 4) is 0 Å². The summed E-state index contributed by atoms with van der Waals surface area (Å²) in [6.07, 6.45) is 9.60. The minimum Gasteiger partial charge on any atom is -0.305 e. The van der Waals surface area contributed by atoms with E-state index in [0.717, 1.165) is 5.57 Å². The Morgan fingerprint density at radius 1 is 1.26 bits per heavy atom. The molecule has 6 heteroatoms. The van der Waals surface area contributed by atoms with E-state index in [2.05, 4.69) is 15.8 Å². The van der Waals surface area contributed by atoms with E-state index in [1.807, 2.05) is 22.6 Å². The zero-order valence-electron chi connectivity index (χ0n) is 9.76. The summed E-state index contributed by atoms with van der Waals surface area (Å²) in [7, 11) is 0. The maximum Gasteiger partial charge on any atom is 0.269 e. The number of amides is 1. The lowest BCUT2D eigenvalue weighted by Crippen LogP contribution is -2.33. The number of nitrogens with one attached hydrogen (secondary N) is 2. The lowest BCUT2D eigenvalue weighted by Gasteiger charge is -2.07. The Morgan fingerprint density at radius 2 is 2.00 bits per heavy atom. The van der Waals surface area contributed by atoms with Crippen LogP contribution in [0.5, 0.6) is 0 Å². The molecular formula is C13H10IN3O2. The summed E-state index contributed by atoms with van der Waals surface area (Å²) in [5.74, 6) is -0.271. The summed E-state index contributed by atoms with van der Waals surface area (Å²) < 4.78 is 0.633. The number of allylic oxidation sites excluding steroid dienone is 5. The van der Waals surface area contributed by atoms with Gasteiger partial charge in [-0.3, -0.25) is 20.0 Å². The third kappa shape index (κ3) is 3.75. The van der Waals surface area contributed by atoms with Crippen molar-refractivity contribution < 1.29 is 9.59 Å². The van der Waals surface area contributed by atoms with Gasteiger partial charge in [-0.25, -0.2) is 0 Å². The second-order valence-electron chi connectivity index (χ2n) is 3.67. The van der Waals surface area contributed by atoms with Crippen LogP contribution in [0, 0.1) is 0 Å². The molecule has 1 heterocycles. The molecule has 0 spiro atoms. The van der Waals surface area contributed by atoms with Crippen molar-refractivity contribution in [1.82, 2.24) is 15.8 Å². The van der Waals surface area contributed by atoms with Crippen LogP contribution in [0.2, 0.25) is 0 Å². The second kappa shape index (κ2) is 6.28. The van der Waals surface area contributed by atoms with Gasteiger partial charge in [-0.1, -0.05) is 0 Å². The highest BCUT2D eigenvalue weighted by Gasteiger charge is 2.07. The fourth-order valence-electron chi connectivity index (χ4n) is 1.37. The van der Waals surface area contributed by atoms with Crippen LogP contribution in [0.3, 0.4) is 0 Å². The summed E-state index contributed by atoms with van der Waals surface area (Å²) in [6, 6.07) is 3.23. The van der Waals surface area contributed by atoms with Crippen LogP contribution in [-0.4, -0.2) is 16.7 Å². The standard InChI is InChI=1S/C13H10IN3O2/c14-11-7-9(1-2-12(11)18)8-16-17-13(19)10-3-5-15-6-4-10/h1-8,16H,(H,17,19). The molecule has 1 aromatic heterocycles. The van der Waals surface area contributed by atoms with Gasteiger partial charge in [-0.05, 0) is 58.5 Å². The molecule has 5 nitrogen and oxygen atoms in total. The van der Waals surface area contributed by atoms with E-state index >= 15 is 0 Å². The van der Waals surface area contributed by atoms with E-state index in [9.17, 15) is 9.59 Å². The largest absolute Gasteiger partial charge is 0.305 e. The van der Waals surface area contributed by atoms with Crippen LogP contribution < -0.4 is 10.9 Å². The van der Waals surface area contributed by atoms with Crippen LogP contribution in [0.15, 0.2) is 58.1 Å². The third-order valence-electron chi connectivity index (χ3n) is 2.32. The molecule has 96 valence electrons. The second-order valence-corrected chi connectivity index (χ2v) is 4.83. The Labute approximate surface area is 123 Å². The first-order valence-corrected chi connectivity index (χ1v) is 6.50. The molecule has 2 rings (SSSR count). The Bertz CT molecular complexity index is 591. The Balaban J connectivity index is 1.92. The van der Waals surface area contributed by atoms with Crippen molar-refractivity contribution in [2.45, 2.75) is 0 Å². The highest BCUT2D eigenvalue weighted by atomic mass is 127. The molecule has 1 aromatic rings. The molecule has 0 atom stereocenters. The lowest BCUT2D eigenvalue weighted by molar-refractivity contribution is -0.110. The number of halogens is 1. The number of pyridine rings is 1. The van der Waals surface area contributed by atoms with Gasteiger partial charge >= 0.3 is 0 Å². The molecule has 0 fully saturated rings. The van der Waals surface area contributed by atoms with Crippen molar-refractivity contribution >= 4 is 34.3 Å². The van der Waals surface area contributed by atoms with Gasteiger partial charge in [-0.2, -0.15) is 0 Å². The van der Waals surface area contributed by atoms with E-state index in [0.29, 0.717) is 9.14 Å². The summed E-state index contributed by atoms with van der Waals surface area (Å²) in [6.45, 7) is 0. The quantitative estimate of drug-likeness (QED) is 0.630. The summed E-state index contributed by atoms with van der Waals surface area (Å²) in [5, 5.41) is 0. The molecule has 0 saturated heterocycles. The SMILES string of the molecule is O=C1C=CC(=CNNC(=O)c2ccncc2)C=C1I. The van der Waals surface area contributed by atoms with Gasteiger partial charge < -0.3 is 5.43 Å². The number of ketones is 1. The number of rotatable bonds is 3. The van der Waals surface area contributed by atoms with E-state index in [4.69, 9.17) is 0 Å². The average Bonchev–Trinajstić information content (AvgIpc) is 2.43. The Kier molecular flexibility index (Phi) is 4.45. The minimum atomic E-state index is -0.256. The maximum atomic E-state index is 11.7. The molecule has 0 radical (unpaired) electrons. The van der Waals surface area contributed by atoms with Gasteiger partial charge in [0.05, 0.1) is 3.58 Å². The first kappa shape index (κ1) is 13.5. The molecule has 1 aliphatic rings. The van der Waals surface area contributed by atoms with Gasteiger partial charge in [0.25, 0.3) is 5.91 Å². The highest BCUT2D eigenvalue weighted by Crippen LogP contribution is 2.17. The van der Waals surface area contributed by atoms with E-state index < -0.39 is 0 Å². The molecule has 19 heavy (non-hydrogen) atoms. The van der Waals surface area contributed by atoms with E-state index in [1.54, 1.807) is 42.9 Å². The molecule has 0 saturated carbocycles. The molecule has 2 N–H and O–H groups in total. The van der Waals surface area contributed by atoms with Crippen LogP contribution in [0.1, 0.15) is 10.4 Å². The number of hydrogen-bond acceptors (Lipinski definition) is 4. The maximum absolute atomic E-state index is 11.7. The fourth-order valence-corrected chi connectivity index (χ4v) is 1.91. The van der Waals surface area contributed by atoms with Gasteiger partial charge in [-0.15, -0.1) is 0 Å². The van der Waals surface area contributed by atoms with Crippen molar-refractivity contribution in [2.24, 2.45) is 0 Å². The monoisotopic (exact) mass is 367 g/mol. The summed E-state index contributed by atoms with van der Waals surface area (Å²) in [5.41, 5.74) is 6.54. The van der Waals surface area contributed by atoms with Crippen LogP contribution in [-0.2, 0) is 4.79 Å². The van der Waals surface area contributed by atoms with E-state index in [1.165, 1.54) is 6.08 Å². The van der Waals surface area contributed by atoms with Crippen LogP contribution in [0.4, 0.5) is 0 Å². The van der Waals surface area contributed by atoms with Gasteiger partial charge in [0.15, 0.2) is 5.78 Å². The minimum absolute atomic E-state index is 0.0152. The molecule has 1 aliphatic carbocycles. The number of hydrogen-bond donors (Lipinski definition) is 2. The fraction of sp³-hybridized carbons (Fsp3) is 0. The number of aromatic nitrogens is 1. The van der Waals surface area contributed by atoms with Gasteiger partial charge in [0.1, 0.15) is 0 Å². The Morgan fingerprint density at radius 3 is 2.68 bits per heavy atom. The normalized spacial score (nSPS) is 16.2. The molecule has 1 amide bonds.